The third-order valence-electron chi connectivity index (χ3n) is 4.58. The molecule has 0 aliphatic heterocycles. The van der Waals surface area contributed by atoms with Gasteiger partial charge in [0.1, 0.15) is 0 Å². The number of likely N-dealkylation sites (N-methyl/N-ethyl adjacent to an activating group) is 1. The fourth-order valence-corrected chi connectivity index (χ4v) is 3.00. The first-order chi connectivity index (χ1) is 17.1. The Bertz CT molecular complexity index is 1120. The van der Waals surface area contributed by atoms with E-state index in [1.807, 2.05) is 63.5 Å². The number of nitrogens with one attached hydrogen (secondary N) is 3. The van der Waals surface area contributed by atoms with Gasteiger partial charge in [0.05, 0.1) is 5.69 Å². The zero-order valence-electron chi connectivity index (χ0n) is 22.1. The van der Waals surface area contributed by atoms with E-state index < -0.39 is 0 Å². The van der Waals surface area contributed by atoms with Crippen molar-refractivity contribution in [1.82, 2.24) is 25.2 Å². The molecule has 0 spiro atoms. The average Bonchev–Trinajstić information content (AvgIpc) is 3.31. The van der Waals surface area contributed by atoms with Crippen molar-refractivity contribution in [3.8, 4) is 11.3 Å². The Morgan fingerprint density at radius 3 is 2.17 bits per heavy atom. The van der Waals surface area contributed by atoms with Gasteiger partial charge in [-0.2, -0.15) is 4.98 Å². The van der Waals surface area contributed by atoms with Crippen LogP contribution in [0.2, 0.25) is 0 Å². The van der Waals surface area contributed by atoms with Crippen molar-refractivity contribution >= 4 is 23.7 Å². The van der Waals surface area contributed by atoms with Crippen molar-refractivity contribution in [2.24, 2.45) is 0 Å². The van der Waals surface area contributed by atoms with Gasteiger partial charge in [-0.15, -0.1) is 5.10 Å². The second-order valence-electron chi connectivity index (χ2n) is 7.15. The summed E-state index contributed by atoms with van der Waals surface area (Å²) in [5.41, 5.74) is 6.41. The van der Waals surface area contributed by atoms with E-state index in [4.69, 9.17) is 0 Å². The number of nitrogens with zero attached hydrogens (tertiary/aromatic N) is 3. The Balaban J connectivity index is 0.000000478. The second-order valence-corrected chi connectivity index (χ2v) is 7.15. The number of rotatable bonds is 7. The first kappa shape index (κ1) is 29.3. The number of anilines is 2. The topological polar surface area (TPSA) is 83.3 Å². The molecule has 2 heterocycles. The standard InChI is InChI=1S/C20H18N4.C4H10N2O.2C2H6/c1-14-9-11-17(12-10-14)21-20-22-19-8-4-7-18(24(19)23-20)16-6-3-5-15(2)13-16;1-5-2-3-6-4-7;2*1-2/h3-13H,1-2H3,(H,21,23);4-5H,2-3H2,1H3,(H,6,7);2*1-2H3. The number of benzene rings is 2. The van der Waals surface area contributed by atoms with Crippen LogP contribution in [0.25, 0.3) is 16.9 Å². The zero-order chi connectivity index (χ0) is 26.1. The summed E-state index contributed by atoms with van der Waals surface area (Å²) in [6.45, 7) is 13.7. The third-order valence-corrected chi connectivity index (χ3v) is 4.58. The molecule has 2 aromatic heterocycles. The van der Waals surface area contributed by atoms with Gasteiger partial charge in [-0.05, 0) is 51.2 Å². The molecule has 3 N–H and O–H groups in total. The van der Waals surface area contributed by atoms with Crippen molar-refractivity contribution < 1.29 is 4.79 Å². The number of hydrogen-bond donors (Lipinski definition) is 3. The maximum atomic E-state index is 9.54. The molecule has 7 heteroatoms. The average molecular weight is 477 g/mol. The van der Waals surface area contributed by atoms with Crippen LogP contribution in [0.3, 0.4) is 0 Å². The van der Waals surface area contributed by atoms with Crippen LogP contribution < -0.4 is 16.0 Å². The van der Waals surface area contributed by atoms with Crippen LogP contribution in [0.5, 0.6) is 0 Å². The van der Waals surface area contributed by atoms with E-state index in [2.05, 4.69) is 82.3 Å². The van der Waals surface area contributed by atoms with Gasteiger partial charge in [-0.1, -0.05) is 75.2 Å². The predicted molar refractivity (Wildman–Crippen MR) is 148 cm³/mol. The maximum absolute atomic E-state index is 9.54. The fraction of sp³-hybridized carbons (Fsp3) is 0.321. The molecule has 4 aromatic rings. The lowest BCUT2D eigenvalue weighted by atomic mass is 10.1. The summed E-state index contributed by atoms with van der Waals surface area (Å²) in [6.07, 6.45) is 0.692. The highest BCUT2D eigenvalue weighted by Crippen LogP contribution is 2.22. The summed E-state index contributed by atoms with van der Waals surface area (Å²) in [6, 6.07) is 22.6. The summed E-state index contributed by atoms with van der Waals surface area (Å²) >= 11 is 0. The molecule has 7 nitrogen and oxygen atoms in total. The molecule has 0 bridgehead atoms. The number of aromatic nitrogens is 3. The zero-order valence-corrected chi connectivity index (χ0v) is 22.1. The van der Waals surface area contributed by atoms with E-state index in [0.717, 1.165) is 29.1 Å². The molecule has 0 unspecified atom stereocenters. The first-order valence-corrected chi connectivity index (χ1v) is 12.2. The number of aryl methyl sites for hydroxylation is 2. The Morgan fingerprint density at radius 1 is 0.857 bits per heavy atom. The van der Waals surface area contributed by atoms with E-state index in [1.54, 1.807) is 0 Å². The highest BCUT2D eigenvalue weighted by Gasteiger charge is 2.09. The number of fused-ring (bicyclic) bond motifs is 1. The number of carbonyl (C=O) groups is 1. The van der Waals surface area contributed by atoms with Gasteiger partial charge >= 0.3 is 0 Å². The number of pyridine rings is 1. The van der Waals surface area contributed by atoms with Gasteiger partial charge in [0.2, 0.25) is 12.4 Å². The molecule has 0 saturated carbocycles. The molecule has 1 amide bonds. The second kappa shape index (κ2) is 16.8. The van der Waals surface area contributed by atoms with Crippen LogP contribution in [0, 0.1) is 13.8 Å². The highest BCUT2D eigenvalue weighted by atomic mass is 16.1. The number of amides is 1. The molecule has 2 aromatic carbocycles. The lowest BCUT2D eigenvalue weighted by Crippen LogP contribution is -2.23. The SMILES string of the molecule is CC.CC.CNCCNC=O.Cc1ccc(Nc2nc3cccc(-c4cccc(C)c4)n3n2)cc1. The van der Waals surface area contributed by atoms with Crippen molar-refractivity contribution in [2.45, 2.75) is 41.5 Å². The van der Waals surface area contributed by atoms with Crippen molar-refractivity contribution in [1.29, 1.82) is 0 Å². The smallest absolute Gasteiger partial charge is 0.247 e. The normalized spacial score (nSPS) is 9.46. The highest BCUT2D eigenvalue weighted by molar-refractivity contribution is 5.65. The van der Waals surface area contributed by atoms with Gasteiger partial charge in [-0.3, -0.25) is 4.79 Å². The Kier molecular flexibility index (Phi) is 14.1. The van der Waals surface area contributed by atoms with Gasteiger partial charge in [0.25, 0.3) is 0 Å². The van der Waals surface area contributed by atoms with Gasteiger partial charge in [0.15, 0.2) is 5.65 Å². The molecular weight excluding hydrogens is 436 g/mol. The van der Waals surface area contributed by atoms with Crippen LogP contribution >= 0.6 is 0 Å². The molecule has 4 rings (SSSR count). The van der Waals surface area contributed by atoms with Crippen molar-refractivity contribution in [3.63, 3.8) is 0 Å². The molecule has 0 aliphatic carbocycles. The van der Waals surface area contributed by atoms with E-state index in [0.29, 0.717) is 18.9 Å². The van der Waals surface area contributed by atoms with E-state index in [9.17, 15) is 4.79 Å². The number of hydrogen-bond acceptors (Lipinski definition) is 5. The quantitative estimate of drug-likeness (QED) is 0.233. The lowest BCUT2D eigenvalue weighted by molar-refractivity contribution is -0.109. The van der Waals surface area contributed by atoms with E-state index >= 15 is 0 Å². The van der Waals surface area contributed by atoms with Gasteiger partial charge < -0.3 is 16.0 Å². The third kappa shape index (κ3) is 9.59. The Morgan fingerprint density at radius 2 is 1.54 bits per heavy atom. The summed E-state index contributed by atoms with van der Waals surface area (Å²) in [7, 11) is 1.84. The first-order valence-electron chi connectivity index (χ1n) is 12.2. The fourth-order valence-electron chi connectivity index (χ4n) is 3.00. The molecule has 0 aliphatic rings. The minimum absolute atomic E-state index is 0.596. The Hall–Kier alpha value is -3.71. The summed E-state index contributed by atoms with van der Waals surface area (Å²) in [5, 5.41) is 13.3. The minimum Gasteiger partial charge on any atom is -0.357 e. The molecule has 35 heavy (non-hydrogen) atoms. The van der Waals surface area contributed by atoms with Crippen molar-refractivity contribution in [3.05, 3.63) is 77.9 Å². The summed E-state index contributed by atoms with van der Waals surface area (Å²) in [4.78, 5) is 14.1. The van der Waals surface area contributed by atoms with Gasteiger partial charge in [-0.25, -0.2) is 4.52 Å². The lowest BCUT2D eigenvalue weighted by Gasteiger charge is -2.05. The van der Waals surface area contributed by atoms with Crippen LogP contribution in [0.15, 0.2) is 66.7 Å². The number of carbonyl (C=O) groups excluding carboxylic acids is 1. The molecule has 0 atom stereocenters. The minimum atomic E-state index is 0.596. The van der Waals surface area contributed by atoms with Crippen LogP contribution in [0.1, 0.15) is 38.8 Å². The molecule has 0 saturated heterocycles. The van der Waals surface area contributed by atoms with E-state index in [-0.39, 0.29) is 0 Å². The van der Waals surface area contributed by atoms with E-state index in [1.165, 1.54) is 11.1 Å². The maximum Gasteiger partial charge on any atom is 0.247 e. The van der Waals surface area contributed by atoms with Crippen LogP contribution in [-0.4, -0.2) is 41.1 Å². The predicted octanol–water partition coefficient (Wildman–Crippen LogP) is 5.76. The Labute approximate surface area is 210 Å². The van der Waals surface area contributed by atoms with Crippen LogP contribution in [0.4, 0.5) is 11.6 Å². The van der Waals surface area contributed by atoms with Crippen molar-refractivity contribution in [2.75, 3.05) is 25.5 Å². The molecule has 188 valence electrons. The van der Waals surface area contributed by atoms with Gasteiger partial charge in [0, 0.05) is 24.3 Å². The largest absolute Gasteiger partial charge is 0.357 e. The van der Waals surface area contributed by atoms with Crippen LogP contribution in [-0.2, 0) is 4.79 Å². The summed E-state index contributed by atoms with van der Waals surface area (Å²) < 4.78 is 1.88. The molecular formula is C28H40N6O. The molecule has 0 fully saturated rings. The molecule has 0 radical (unpaired) electrons. The summed E-state index contributed by atoms with van der Waals surface area (Å²) in [5.74, 6) is 0.596. The monoisotopic (exact) mass is 476 g/mol.